The molecule has 6 heteroatoms. The fraction of sp³-hybridized carbons (Fsp3) is 0.708. The third-order valence-corrected chi connectivity index (χ3v) is 5.71. The van der Waals surface area contributed by atoms with Gasteiger partial charge in [-0.25, -0.2) is 4.99 Å². The van der Waals surface area contributed by atoms with Crippen LogP contribution >= 0.6 is 0 Å². The second kappa shape index (κ2) is 12.8. The molecule has 1 heterocycles. The number of aliphatic imine (C=N–C) groups is 1. The standard InChI is InChI=1S/C24H39N3O3/c1-3-25-24(26-12-6-13-28-17-20-11-14-29-18-20)27-16-21-10-9-19(2)15-23(21)30-22-7-4-5-8-22/h9-10,15,20,22H,3-8,11-14,16-18H2,1-2H3,(H2,25,26,27). The van der Waals surface area contributed by atoms with Crippen LogP contribution in [0.15, 0.2) is 23.2 Å². The monoisotopic (exact) mass is 417 g/mol. The third-order valence-electron chi connectivity index (χ3n) is 5.71. The lowest BCUT2D eigenvalue weighted by Crippen LogP contribution is -2.38. The Kier molecular flexibility index (Phi) is 9.77. The van der Waals surface area contributed by atoms with E-state index < -0.39 is 0 Å². The van der Waals surface area contributed by atoms with E-state index in [4.69, 9.17) is 19.2 Å². The normalized spacial score (nSPS) is 19.9. The van der Waals surface area contributed by atoms with E-state index >= 15 is 0 Å². The van der Waals surface area contributed by atoms with Crippen LogP contribution in [-0.4, -0.2) is 51.6 Å². The highest BCUT2D eigenvalue weighted by Crippen LogP contribution is 2.28. The van der Waals surface area contributed by atoms with E-state index in [9.17, 15) is 0 Å². The largest absolute Gasteiger partial charge is 0.490 e. The highest BCUT2D eigenvalue weighted by molar-refractivity contribution is 5.79. The number of benzene rings is 1. The van der Waals surface area contributed by atoms with Gasteiger partial charge in [0.1, 0.15) is 5.75 Å². The van der Waals surface area contributed by atoms with Crippen molar-refractivity contribution in [2.75, 3.05) is 39.5 Å². The predicted octanol–water partition coefficient (Wildman–Crippen LogP) is 3.81. The van der Waals surface area contributed by atoms with Crippen molar-refractivity contribution in [1.82, 2.24) is 10.6 Å². The summed E-state index contributed by atoms with van der Waals surface area (Å²) in [5.41, 5.74) is 2.37. The van der Waals surface area contributed by atoms with Crippen LogP contribution in [0.1, 0.15) is 56.6 Å². The first kappa shape index (κ1) is 22.9. The Bertz CT molecular complexity index is 653. The molecule has 1 atom stereocenters. The summed E-state index contributed by atoms with van der Waals surface area (Å²) in [5.74, 6) is 2.41. The highest BCUT2D eigenvalue weighted by Gasteiger charge is 2.18. The summed E-state index contributed by atoms with van der Waals surface area (Å²) >= 11 is 0. The number of hydrogen-bond acceptors (Lipinski definition) is 4. The van der Waals surface area contributed by atoms with Crippen molar-refractivity contribution in [3.8, 4) is 5.75 Å². The number of guanidine groups is 1. The Morgan fingerprint density at radius 2 is 2.07 bits per heavy atom. The molecule has 1 unspecified atom stereocenters. The molecule has 1 aliphatic carbocycles. The first-order valence-electron chi connectivity index (χ1n) is 11.7. The minimum atomic E-state index is 0.358. The molecule has 6 nitrogen and oxygen atoms in total. The number of rotatable bonds is 11. The maximum absolute atomic E-state index is 6.31. The Balaban J connectivity index is 1.45. The van der Waals surface area contributed by atoms with Crippen LogP contribution in [0.2, 0.25) is 0 Å². The zero-order valence-electron chi connectivity index (χ0n) is 18.8. The van der Waals surface area contributed by atoms with Gasteiger partial charge in [-0.3, -0.25) is 0 Å². The summed E-state index contributed by atoms with van der Waals surface area (Å²) in [7, 11) is 0. The molecule has 2 N–H and O–H groups in total. The molecule has 0 bridgehead atoms. The SMILES string of the molecule is CCNC(=NCc1ccc(C)cc1OC1CCCC1)NCCCOCC1CCOC1. The van der Waals surface area contributed by atoms with Gasteiger partial charge in [-0.05, 0) is 64.0 Å². The minimum absolute atomic E-state index is 0.358. The molecule has 0 radical (unpaired) electrons. The van der Waals surface area contributed by atoms with Gasteiger partial charge in [0.25, 0.3) is 0 Å². The van der Waals surface area contributed by atoms with Gasteiger partial charge in [-0.2, -0.15) is 0 Å². The maximum atomic E-state index is 6.31. The zero-order chi connectivity index (χ0) is 21.0. The van der Waals surface area contributed by atoms with Gasteiger partial charge in [-0.1, -0.05) is 12.1 Å². The van der Waals surface area contributed by atoms with Gasteiger partial charge >= 0.3 is 0 Å². The van der Waals surface area contributed by atoms with Crippen LogP contribution in [0, 0.1) is 12.8 Å². The van der Waals surface area contributed by atoms with Gasteiger partial charge in [0, 0.05) is 37.8 Å². The fourth-order valence-corrected chi connectivity index (χ4v) is 3.94. The van der Waals surface area contributed by atoms with E-state index in [1.807, 2.05) is 0 Å². The molecule has 2 aliphatic rings. The van der Waals surface area contributed by atoms with Gasteiger partial charge < -0.3 is 24.8 Å². The van der Waals surface area contributed by atoms with Crippen molar-refractivity contribution in [3.63, 3.8) is 0 Å². The Morgan fingerprint density at radius 1 is 1.20 bits per heavy atom. The molecule has 168 valence electrons. The van der Waals surface area contributed by atoms with Gasteiger partial charge in [-0.15, -0.1) is 0 Å². The molecule has 1 saturated heterocycles. The van der Waals surface area contributed by atoms with Crippen LogP contribution in [0.4, 0.5) is 0 Å². The van der Waals surface area contributed by atoms with E-state index in [0.717, 1.165) is 82.5 Å². The number of ether oxygens (including phenoxy) is 3. The van der Waals surface area contributed by atoms with Crippen molar-refractivity contribution in [1.29, 1.82) is 0 Å². The highest BCUT2D eigenvalue weighted by atomic mass is 16.5. The molecule has 1 aromatic carbocycles. The molecular formula is C24H39N3O3. The fourth-order valence-electron chi connectivity index (χ4n) is 3.94. The van der Waals surface area contributed by atoms with Crippen LogP contribution < -0.4 is 15.4 Å². The van der Waals surface area contributed by atoms with E-state index in [-0.39, 0.29) is 0 Å². The molecule has 0 aromatic heterocycles. The minimum Gasteiger partial charge on any atom is -0.490 e. The second-order valence-electron chi connectivity index (χ2n) is 8.42. The summed E-state index contributed by atoms with van der Waals surface area (Å²) in [6, 6.07) is 6.43. The van der Waals surface area contributed by atoms with Crippen LogP contribution in [-0.2, 0) is 16.0 Å². The topological polar surface area (TPSA) is 64.1 Å². The molecule has 0 amide bonds. The Hall–Kier alpha value is -1.79. The van der Waals surface area contributed by atoms with E-state index in [2.05, 4.69) is 42.7 Å². The summed E-state index contributed by atoms with van der Waals surface area (Å²) in [6.07, 6.45) is 7.32. The lowest BCUT2D eigenvalue weighted by Gasteiger charge is -2.17. The second-order valence-corrected chi connectivity index (χ2v) is 8.42. The van der Waals surface area contributed by atoms with Crippen molar-refractivity contribution >= 4 is 5.96 Å². The average Bonchev–Trinajstić information content (AvgIpc) is 3.44. The van der Waals surface area contributed by atoms with Crippen LogP contribution in [0.5, 0.6) is 5.75 Å². The number of hydrogen-bond donors (Lipinski definition) is 2. The van der Waals surface area contributed by atoms with Gasteiger partial charge in [0.05, 0.1) is 25.9 Å². The van der Waals surface area contributed by atoms with Gasteiger partial charge in [0.2, 0.25) is 0 Å². The first-order valence-corrected chi connectivity index (χ1v) is 11.7. The van der Waals surface area contributed by atoms with Crippen molar-refractivity contribution < 1.29 is 14.2 Å². The quantitative estimate of drug-likeness (QED) is 0.326. The number of aryl methyl sites for hydroxylation is 1. The molecule has 1 aromatic rings. The lowest BCUT2D eigenvalue weighted by atomic mass is 10.1. The maximum Gasteiger partial charge on any atom is 0.191 e. The summed E-state index contributed by atoms with van der Waals surface area (Å²) in [4.78, 5) is 4.79. The van der Waals surface area contributed by atoms with Gasteiger partial charge in [0.15, 0.2) is 5.96 Å². The first-order chi connectivity index (χ1) is 14.7. The lowest BCUT2D eigenvalue weighted by molar-refractivity contribution is 0.0888. The van der Waals surface area contributed by atoms with E-state index in [1.54, 1.807) is 0 Å². The molecule has 1 aliphatic heterocycles. The molecule has 1 saturated carbocycles. The molecule has 0 spiro atoms. The summed E-state index contributed by atoms with van der Waals surface area (Å²) in [5, 5.41) is 6.75. The number of nitrogens with one attached hydrogen (secondary N) is 2. The number of nitrogens with zero attached hydrogens (tertiary/aromatic N) is 1. The molecule has 2 fully saturated rings. The van der Waals surface area contributed by atoms with E-state index in [0.29, 0.717) is 18.6 Å². The summed E-state index contributed by atoms with van der Waals surface area (Å²) in [6.45, 7) is 9.79. The van der Waals surface area contributed by atoms with Crippen molar-refractivity contribution in [2.24, 2.45) is 10.9 Å². The van der Waals surface area contributed by atoms with Crippen LogP contribution in [0.25, 0.3) is 0 Å². The van der Waals surface area contributed by atoms with E-state index in [1.165, 1.54) is 18.4 Å². The third kappa shape index (κ3) is 7.80. The van der Waals surface area contributed by atoms with Crippen molar-refractivity contribution in [3.05, 3.63) is 29.3 Å². The molecular weight excluding hydrogens is 378 g/mol. The average molecular weight is 418 g/mol. The Morgan fingerprint density at radius 3 is 2.83 bits per heavy atom. The zero-order valence-corrected chi connectivity index (χ0v) is 18.8. The smallest absolute Gasteiger partial charge is 0.191 e. The molecule has 3 rings (SSSR count). The van der Waals surface area contributed by atoms with Crippen molar-refractivity contribution in [2.45, 2.75) is 65.0 Å². The molecule has 30 heavy (non-hydrogen) atoms. The van der Waals surface area contributed by atoms with Crippen LogP contribution in [0.3, 0.4) is 0 Å². The summed E-state index contributed by atoms with van der Waals surface area (Å²) < 4.78 is 17.5. The predicted molar refractivity (Wildman–Crippen MR) is 121 cm³/mol. The Labute approximate surface area is 181 Å².